The van der Waals surface area contributed by atoms with E-state index in [1.807, 2.05) is 0 Å². The molecule has 7 nitrogen and oxygen atoms in total. The Labute approximate surface area is 164 Å². The molecule has 3 rings (SSSR count). The minimum atomic E-state index is -3.84. The van der Waals surface area contributed by atoms with E-state index in [-0.39, 0.29) is 31.3 Å². The molecule has 2 saturated heterocycles. The molecule has 1 N–H and O–H groups in total. The van der Waals surface area contributed by atoms with Gasteiger partial charge >= 0.3 is 5.97 Å². The zero-order valence-electron chi connectivity index (χ0n) is 14.9. The van der Waals surface area contributed by atoms with E-state index >= 15 is 0 Å². The zero-order valence-corrected chi connectivity index (χ0v) is 16.5. The zero-order chi connectivity index (χ0) is 19.6. The van der Waals surface area contributed by atoms with Gasteiger partial charge < -0.3 is 5.11 Å². The Hall–Kier alpha value is -1.48. The van der Waals surface area contributed by atoms with Gasteiger partial charge in [-0.05, 0) is 56.4 Å². The van der Waals surface area contributed by atoms with Gasteiger partial charge in [0.05, 0.1) is 0 Å². The van der Waals surface area contributed by atoms with Crippen LogP contribution in [0.2, 0.25) is 5.02 Å². The van der Waals surface area contributed by atoms with Crippen LogP contribution in [0.25, 0.3) is 0 Å². The molecule has 148 valence electrons. The first-order valence-corrected chi connectivity index (χ1v) is 10.9. The average molecular weight is 415 g/mol. The highest BCUT2D eigenvalue weighted by Gasteiger charge is 2.41. The van der Waals surface area contributed by atoms with Gasteiger partial charge in [-0.1, -0.05) is 11.6 Å². The number of Topliss-reactive ketones (excluding diaryl/α,β-unsaturated/α-hetero) is 1. The van der Waals surface area contributed by atoms with Crippen LogP contribution >= 0.6 is 11.6 Å². The van der Waals surface area contributed by atoms with Crippen molar-refractivity contribution >= 4 is 33.6 Å². The molecule has 2 heterocycles. The molecule has 0 amide bonds. The Balaban J connectivity index is 1.66. The second-order valence-electron chi connectivity index (χ2n) is 7.01. The number of aliphatic carboxylic acids is 1. The van der Waals surface area contributed by atoms with Crippen LogP contribution < -0.4 is 0 Å². The number of carboxylic acids is 1. The van der Waals surface area contributed by atoms with Gasteiger partial charge in [0, 0.05) is 36.1 Å². The Kier molecular flexibility index (Phi) is 6.20. The fourth-order valence-corrected chi connectivity index (χ4v) is 5.75. The lowest BCUT2D eigenvalue weighted by Crippen LogP contribution is -2.55. The van der Waals surface area contributed by atoms with Crippen molar-refractivity contribution in [1.82, 2.24) is 8.61 Å². The molecule has 1 aromatic rings. The lowest BCUT2D eigenvalue weighted by molar-refractivity contribution is -0.142. The fourth-order valence-electron chi connectivity index (χ4n) is 3.77. The fraction of sp³-hybridized carbons (Fsp3) is 0.556. The summed E-state index contributed by atoms with van der Waals surface area (Å²) in [6.07, 6.45) is 2.55. The van der Waals surface area contributed by atoms with Crippen molar-refractivity contribution in [2.75, 3.05) is 19.6 Å². The third kappa shape index (κ3) is 4.34. The minimum Gasteiger partial charge on any atom is -0.480 e. The largest absolute Gasteiger partial charge is 0.480 e. The SMILES string of the molecule is O=C(c1ccc(Cl)cc1)C1CCN(S(=O)(=O)N2CCCC[C@@H]2C(=O)O)CC1. The van der Waals surface area contributed by atoms with E-state index in [4.69, 9.17) is 11.6 Å². The van der Waals surface area contributed by atoms with Gasteiger partial charge in [-0.2, -0.15) is 17.0 Å². The Bertz CT molecular complexity index is 804. The van der Waals surface area contributed by atoms with Gasteiger partial charge in [-0.3, -0.25) is 9.59 Å². The number of ketones is 1. The molecular weight excluding hydrogens is 392 g/mol. The number of halogens is 1. The molecule has 0 radical (unpaired) electrons. The number of benzene rings is 1. The lowest BCUT2D eigenvalue weighted by Gasteiger charge is -2.38. The molecule has 2 fully saturated rings. The van der Waals surface area contributed by atoms with Gasteiger partial charge in [-0.25, -0.2) is 0 Å². The number of hydrogen-bond acceptors (Lipinski definition) is 4. The lowest BCUT2D eigenvalue weighted by atomic mass is 9.90. The first-order valence-electron chi connectivity index (χ1n) is 9.10. The summed E-state index contributed by atoms with van der Waals surface area (Å²) in [4.78, 5) is 24.0. The van der Waals surface area contributed by atoms with Crippen molar-refractivity contribution < 1.29 is 23.1 Å². The number of nitrogens with zero attached hydrogens (tertiary/aromatic N) is 2. The van der Waals surface area contributed by atoms with E-state index in [0.29, 0.717) is 42.7 Å². The summed E-state index contributed by atoms with van der Waals surface area (Å²) in [5.74, 6) is -1.36. The highest BCUT2D eigenvalue weighted by molar-refractivity contribution is 7.86. The first kappa shape index (κ1) is 20.3. The molecule has 9 heteroatoms. The number of hydrogen-bond donors (Lipinski definition) is 1. The van der Waals surface area contributed by atoms with Crippen LogP contribution in [0.1, 0.15) is 42.5 Å². The summed E-state index contributed by atoms with van der Waals surface area (Å²) in [5.41, 5.74) is 0.572. The highest BCUT2D eigenvalue weighted by atomic mass is 35.5. The summed E-state index contributed by atoms with van der Waals surface area (Å²) in [5, 5.41) is 9.91. The van der Waals surface area contributed by atoms with E-state index in [1.165, 1.54) is 4.31 Å². The Morgan fingerprint density at radius 1 is 1.00 bits per heavy atom. The molecule has 27 heavy (non-hydrogen) atoms. The van der Waals surface area contributed by atoms with Crippen LogP contribution in [0.4, 0.5) is 0 Å². The molecule has 0 unspecified atom stereocenters. The van der Waals surface area contributed by atoms with Crippen molar-refractivity contribution in [2.24, 2.45) is 5.92 Å². The van der Waals surface area contributed by atoms with E-state index in [0.717, 1.165) is 4.31 Å². The molecule has 0 spiro atoms. The summed E-state index contributed by atoms with van der Waals surface area (Å²) in [6, 6.07) is 5.68. The van der Waals surface area contributed by atoms with Gasteiger partial charge in [0.2, 0.25) is 0 Å². The van der Waals surface area contributed by atoms with E-state index in [2.05, 4.69) is 0 Å². The van der Waals surface area contributed by atoms with Gasteiger partial charge in [0.15, 0.2) is 5.78 Å². The van der Waals surface area contributed by atoms with Gasteiger partial charge in [0.25, 0.3) is 10.2 Å². The van der Waals surface area contributed by atoms with Crippen molar-refractivity contribution in [3.8, 4) is 0 Å². The van der Waals surface area contributed by atoms with Crippen molar-refractivity contribution in [3.05, 3.63) is 34.9 Å². The van der Waals surface area contributed by atoms with Crippen LogP contribution in [0, 0.1) is 5.92 Å². The molecule has 2 aliphatic heterocycles. The second-order valence-corrected chi connectivity index (χ2v) is 9.33. The van der Waals surface area contributed by atoms with Crippen LogP contribution in [0.3, 0.4) is 0 Å². The van der Waals surface area contributed by atoms with Crippen molar-refractivity contribution in [2.45, 2.75) is 38.1 Å². The Morgan fingerprint density at radius 2 is 1.63 bits per heavy atom. The van der Waals surface area contributed by atoms with E-state index in [1.54, 1.807) is 24.3 Å². The second kappa shape index (κ2) is 8.26. The smallest absolute Gasteiger partial charge is 0.322 e. The minimum absolute atomic E-state index is 0.00917. The first-order chi connectivity index (χ1) is 12.8. The Morgan fingerprint density at radius 3 is 2.22 bits per heavy atom. The summed E-state index contributed by atoms with van der Waals surface area (Å²) in [6.45, 7) is 0.660. The summed E-state index contributed by atoms with van der Waals surface area (Å²) in [7, 11) is -3.84. The van der Waals surface area contributed by atoms with Gasteiger partial charge in [0.1, 0.15) is 6.04 Å². The molecule has 0 aromatic heterocycles. The molecule has 0 aliphatic carbocycles. The monoisotopic (exact) mass is 414 g/mol. The van der Waals surface area contributed by atoms with Crippen LogP contribution in [-0.4, -0.2) is 59.6 Å². The van der Waals surface area contributed by atoms with E-state index in [9.17, 15) is 23.1 Å². The molecule has 0 saturated carbocycles. The summed E-state index contributed by atoms with van der Waals surface area (Å²) >= 11 is 5.85. The average Bonchev–Trinajstić information content (AvgIpc) is 2.68. The maximum absolute atomic E-state index is 12.9. The summed E-state index contributed by atoms with van der Waals surface area (Å²) < 4.78 is 28.3. The van der Waals surface area contributed by atoms with Crippen molar-refractivity contribution in [1.29, 1.82) is 0 Å². The number of carboxylic acid groups (broad SMARTS) is 1. The topological polar surface area (TPSA) is 95.0 Å². The third-order valence-corrected chi connectivity index (χ3v) is 7.61. The number of carbonyl (C=O) groups excluding carboxylic acids is 1. The quantitative estimate of drug-likeness (QED) is 0.746. The molecule has 0 bridgehead atoms. The molecule has 1 atom stereocenters. The highest BCUT2D eigenvalue weighted by Crippen LogP contribution is 2.28. The van der Waals surface area contributed by atoms with Gasteiger partial charge in [-0.15, -0.1) is 0 Å². The van der Waals surface area contributed by atoms with Crippen LogP contribution in [0.5, 0.6) is 0 Å². The molecular formula is C18H23ClN2O5S. The maximum atomic E-state index is 12.9. The standard InChI is InChI=1S/C18H23ClN2O5S/c19-15-6-4-13(5-7-15)17(22)14-8-11-20(12-9-14)27(25,26)21-10-2-1-3-16(21)18(23)24/h4-7,14,16H,1-3,8-12H2,(H,23,24)/t16-/m1/s1. The van der Waals surface area contributed by atoms with Crippen molar-refractivity contribution in [3.63, 3.8) is 0 Å². The number of rotatable bonds is 5. The predicted octanol–water partition coefficient (Wildman–Crippen LogP) is 2.42. The number of piperidine rings is 2. The number of carbonyl (C=O) groups is 2. The molecule has 1 aromatic carbocycles. The normalized spacial score (nSPS) is 23.2. The maximum Gasteiger partial charge on any atom is 0.322 e. The van der Waals surface area contributed by atoms with Crippen LogP contribution in [0.15, 0.2) is 24.3 Å². The van der Waals surface area contributed by atoms with E-state index < -0.39 is 22.2 Å². The molecule has 2 aliphatic rings. The third-order valence-electron chi connectivity index (χ3n) is 5.31. The van der Waals surface area contributed by atoms with Crippen LogP contribution in [-0.2, 0) is 15.0 Å². The predicted molar refractivity (Wildman–Crippen MR) is 101 cm³/mol.